The summed E-state index contributed by atoms with van der Waals surface area (Å²) in [6.45, 7) is 0. The van der Waals surface area contributed by atoms with Gasteiger partial charge in [0.2, 0.25) is 0 Å². The molecule has 0 radical (unpaired) electrons. The zero-order valence-corrected chi connectivity index (χ0v) is 9.47. The van der Waals surface area contributed by atoms with E-state index in [0.29, 0.717) is 6.20 Å². The Balaban J connectivity index is 3.55. The summed E-state index contributed by atoms with van der Waals surface area (Å²) in [7, 11) is 0. The van der Waals surface area contributed by atoms with Crippen LogP contribution in [0.2, 0.25) is 0 Å². The van der Waals surface area contributed by atoms with E-state index in [1.807, 2.05) is 0 Å². The first-order valence-electron chi connectivity index (χ1n) is 3.73. The summed E-state index contributed by atoms with van der Waals surface area (Å²) in [4.78, 5) is 3.14. The van der Waals surface area contributed by atoms with Crippen molar-refractivity contribution < 1.29 is 22.0 Å². The van der Waals surface area contributed by atoms with Crippen molar-refractivity contribution in [1.82, 2.24) is 4.98 Å². The Kier molecular flexibility index (Phi) is 3.67. The average Bonchev–Trinajstić information content (AvgIpc) is 2.14. The number of pyridine rings is 1. The maximum atomic E-state index is 12.5. The van der Waals surface area contributed by atoms with Crippen LogP contribution in [0.5, 0.6) is 0 Å². The quantitative estimate of drug-likeness (QED) is 0.575. The zero-order valence-electron chi connectivity index (χ0n) is 7.32. The third-order valence-electron chi connectivity index (χ3n) is 1.66. The normalized spacial score (nSPS) is 11.6. The number of halogens is 6. The third-order valence-corrected chi connectivity index (χ3v) is 2.75. The zero-order chi connectivity index (χ0) is 12.5. The van der Waals surface area contributed by atoms with Crippen LogP contribution in [0.15, 0.2) is 6.20 Å². The lowest BCUT2D eigenvalue weighted by Crippen LogP contribution is -2.13. The summed E-state index contributed by atoms with van der Waals surface area (Å²) < 4.78 is 61.4. The minimum absolute atomic E-state index is 0.506. The fraction of sp³-hybridized carbons (Fsp3) is 0.250. The van der Waals surface area contributed by atoms with Gasteiger partial charge in [0.15, 0.2) is 0 Å². The van der Waals surface area contributed by atoms with Gasteiger partial charge in [0.05, 0.1) is 14.7 Å². The lowest BCUT2D eigenvalue weighted by atomic mass is 10.1. The van der Waals surface area contributed by atoms with Gasteiger partial charge in [-0.1, -0.05) is 0 Å². The van der Waals surface area contributed by atoms with Crippen LogP contribution >= 0.6 is 22.6 Å². The van der Waals surface area contributed by atoms with E-state index in [2.05, 4.69) is 4.98 Å². The Morgan fingerprint density at radius 1 is 1.38 bits per heavy atom. The van der Waals surface area contributed by atoms with Gasteiger partial charge in [-0.2, -0.15) is 18.4 Å². The molecule has 0 aliphatic heterocycles. The first kappa shape index (κ1) is 13.1. The molecule has 1 aromatic heterocycles. The predicted octanol–water partition coefficient (Wildman–Crippen LogP) is 3.51. The smallest absolute Gasteiger partial charge is 0.253 e. The molecule has 86 valence electrons. The molecule has 0 spiro atoms. The molecule has 8 heteroatoms. The van der Waals surface area contributed by atoms with Gasteiger partial charge in [-0.05, 0) is 22.6 Å². The first-order valence-corrected chi connectivity index (χ1v) is 4.80. The molecule has 1 rings (SSSR count). The molecule has 0 N–H and O–H groups in total. The van der Waals surface area contributed by atoms with Crippen LogP contribution in [0.3, 0.4) is 0 Å². The summed E-state index contributed by atoms with van der Waals surface area (Å²) in [5.74, 6) is 0. The van der Waals surface area contributed by atoms with Crippen LogP contribution in [-0.2, 0) is 6.18 Å². The van der Waals surface area contributed by atoms with Crippen LogP contribution in [-0.4, -0.2) is 4.98 Å². The number of aromatic nitrogens is 1. The average molecular weight is 348 g/mol. The van der Waals surface area contributed by atoms with Gasteiger partial charge in [-0.3, -0.25) is 4.98 Å². The van der Waals surface area contributed by atoms with E-state index >= 15 is 0 Å². The molecule has 0 aromatic carbocycles. The summed E-state index contributed by atoms with van der Waals surface area (Å²) >= 11 is 1.12. The SMILES string of the molecule is N#Cc1cnc(C(F)F)c(I)c1C(F)(F)F. The van der Waals surface area contributed by atoms with Gasteiger partial charge >= 0.3 is 6.18 Å². The number of alkyl halides is 5. The molecule has 0 bridgehead atoms. The summed E-state index contributed by atoms with van der Waals surface area (Å²) in [6, 6.07) is 1.28. The molecule has 0 fully saturated rings. The maximum absolute atomic E-state index is 12.5. The highest BCUT2D eigenvalue weighted by Gasteiger charge is 2.38. The fourth-order valence-corrected chi connectivity index (χ4v) is 1.99. The topological polar surface area (TPSA) is 36.7 Å². The summed E-state index contributed by atoms with van der Waals surface area (Å²) in [5.41, 5.74) is -3.09. The van der Waals surface area contributed by atoms with E-state index in [4.69, 9.17) is 5.26 Å². The van der Waals surface area contributed by atoms with Crippen LogP contribution in [0.1, 0.15) is 23.2 Å². The molecular weight excluding hydrogens is 346 g/mol. The Morgan fingerprint density at radius 3 is 2.31 bits per heavy atom. The van der Waals surface area contributed by atoms with Gasteiger partial charge in [0, 0.05) is 6.20 Å². The van der Waals surface area contributed by atoms with Crippen LogP contribution < -0.4 is 0 Å². The highest BCUT2D eigenvalue weighted by atomic mass is 127. The Labute approximate surface area is 100 Å². The van der Waals surface area contributed by atoms with Crippen molar-refractivity contribution in [1.29, 1.82) is 5.26 Å². The van der Waals surface area contributed by atoms with Crippen molar-refractivity contribution in [3.05, 3.63) is 26.6 Å². The number of hydrogen-bond acceptors (Lipinski definition) is 2. The molecule has 2 nitrogen and oxygen atoms in total. The van der Waals surface area contributed by atoms with E-state index in [1.54, 1.807) is 0 Å². The lowest BCUT2D eigenvalue weighted by Gasteiger charge is -2.13. The van der Waals surface area contributed by atoms with E-state index < -0.39 is 33.0 Å². The van der Waals surface area contributed by atoms with E-state index in [-0.39, 0.29) is 0 Å². The Bertz CT molecular complexity index is 449. The molecule has 1 aromatic rings. The van der Waals surface area contributed by atoms with Gasteiger partial charge in [-0.25, -0.2) is 8.78 Å². The van der Waals surface area contributed by atoms with Gasteiger partial charge in [-0.15, -0.1) is 0 Å². The van der Waals surface area contributed by atoms with Crippen molar-refractivity contribution in [2.24, 2.45) is 0 Å². The molecule has 0 saturated heterocycles. The number of rotatable bonds is 1. The highest BCUT2D eigenvalue weighted by Crippen LogP contribution is 2.37. The molecule has 16 heavy (non-hydrogen) atoms. The molecule has 0 atom stereocenters. The van der Waals surface area contributed by atoms with Crippen LogP contribution in [0.4, 0.5) is 22.0 Å². The summed E-state index contributed by atoms with van der Waals surface area (Å²) in [6.07, 6.45) is -7.46. The Morgan fingerprint density at radius 2 is 1.94 bits per heavy atom. The molecule has 0 aliphatic rings. The minimum Gasteiger partial charge on any atom is -0.253 e. The molecule has 0 amide bonds. The molecule has 1 heterocycles. The maximum Gasteiger partial charge on any atom is 0.418 e. The van der Waals surface area contributed by atoms with Crippen molar-refractivity contribution >= 4 is 22.6 Å². The third kappa shape index (κ3) is 2.40. The highest BCUT2D eigenvalue weighted by molar-refractivity contribution is 14.1. The second-order valence-corrected chi connectivity index (χ2v) is 3.74. The molecular formula is C8H2F5IN2. The summed E-state index contributed by atoms with van der Waals surface area (Å²) in [5, 5.41) is 8.45. The fourth-order valence-electron chi connectivity index (χ4n) is 1.02. The van der Waals surface area contributed by atoms with E-state index in [9.17, 15) is 22.0 Å². The second-order valence-electron chi connectivity index (χ2n) is 2.66. The predicted molar refractivity (Wildman–Crippen MR) is 51.6 cm³/mol. The van der Waals surface area contributed by atoms with E-state index in [1.165, 1.54) is 6.07 Å². The van der Waals surface area contributed by atoms with E-state index in [0.717, 1.165) is 22.6 Å². The Hall–Kier alpha value is -0.980. The number of hydrogen-bond donors (Lipinski definition) is 0. The largest absolute Gasteiger partial charge is 0.418 e. The van der Waals surface area contributed by atoms with Crippen LogP contribution in [0, 0.1) is 14.9 Å². The number of nitriles is 1. The van der Waals surface area contributed by atoms with Crippen molar-refractivity contribution in [3.63, 3.8) is 0 Å². The van der Waals surface area contributed by atoms with Crippen LogP contribution in [0.25, 0.3) is 0 Å². The van der Waals surface area contributed by atoms with Gasteiger partial charge in [0.1, 0.15) is 11.8 Å². The molecule has 0 unspecified atom stereocenters. The molecule has 0 aliphatic carbocycles. The minimum atomic E-state index is -4.85. The van der Waals surface area contributed by atoms with Crippen molar-refractivity contribution in [2.45, 2.75) is 12.6 Å². The molecule has 0 saturated carbocycles. The second kappa shape index (κ2) is 4.48. The first-order chi connectivity index (χ1) is 7.29. The monoisotopic (exact) mass is 348 g/mol. The standard InChI is InChI=1S/C8H2F5IN2/c9-7(10)6-5(14)4(8(11,12)13)3(1-15)2-16-6/h2,7H. The van der Waals surface area contributed by atoms with Gasteiger partial charge in [0.25, 0.3) is 6.43 Å². The van der Waals surface area contributed by atoms with Gasteiger partial charge < -0.3 is 0 Å². The van der Waals surface area contributed by atoms with Crippen molar-refractivity contribution in [3.8, 4) is 6.07 Å². The van der Waals surface area contributed by atoms with Crippen molar-refractivity contribution in [2.75, 3.05) is 0 Å². The lowest BCUT2D eigenvalue weighted by molar-refractivity contribution is -0.138. The number of nitrogens with zero attached hydrogens (tertiary/aromatic N) is 2.